The van der Waals surface area contributed by atoms with Crippen LogP contribution in [0.3, 0.4) is 0 Å². The normalized spacial score (nSPS) is 11.0. The van der Waals surface area contributed by atoms with Gasteiger partial charge in [-0.3, -0.25) is 4.99 Å². The van der Waals surface area contributed by atoms with Gasteiger partial charge in [0, 0.05) is 30.5 Å². The highest BCUT2D eigenvalue weighted by molar-refractivity contribution is 7.98. The highest BCUT2D eigenvalue weighted by atomic mass is 32.2. The largest absolute Gasteiger partial charge is 0.371 e. The van der Waals surface area contributed by atoms with Crippen molar-refractivity contribution < 1.29 is 0 Å². The number of thioether (sulfide) groups is 1. The highest BCUT2D eigenvalue weighted by Crippen LogP contribution is 2.10. The van der Waals surface area contributed by atoms with Gasteiger partial charge in [-0.25, -0.2) is 0 Å². The SMILES string of the molecule is CN=C(NCCSCc1ccsn1)C(C#N)C#N. The van der Waals surface area contributed by atoms with E-state index in [0.717, 1.165) is 17.2 Å². The number of aromatic nitrogens is 1. The van der Waals surface area contributed by atoms with Gasteiger partial charge in [-0.2, -0.15) is 26.7 Å². The van der Waals surface area contributed by atoms with Gasteiger partial charge in [-0.15, -0.1) is 0 Å². The van der Waals surface area contributed by atoms with Crippen LogP contribution in [0.4, 0.5) is 0 Å². The van der Waals surface area contributed by atoms with Gasteiger partial charge in [0.1, 0.15) is 5.84 Å². The first-order chi connectivity index (χ1) is 8.81. The molecule has 0 spiro atoms. The van der Waals surface area contributed by atoms with Gasteiger partial charge in [-0.05, 0) is 17.6 Å². The van der Waals surface area contributed by atoms with Crippen molar-refractivity contribution in [1.29, 1.82) is 10.5 Å². The molecule has 7 heteroatoms. The average molecular weight is 279 g/mol. The van der Waals surface area contributed by atoms with Crippen molar-refractivity contribution in [2.75, 3.05) is 19.3 Å². The Morgan fingerprint density at radius 1 is 1.61 bits per heavy atom. The lowest BCUT2D eigenvalue weighted by atomic mass is 10.2. The molecule has 0 fully saturated rings. The molecule has 0 aliphatic rings. The number of nitriles is 2. The second kappa shape index (κ2) is 8.51. The zero-order chi connectivity index (χ0) is 13.2. The monoisotopic (exact) mass is 279 g/mol. The predicted molar refractivity (Wildman–Crippen MR) is 74.4 cm³/mol. The van der Waals surface area contributed by atoms with Gasteiger partial charge in [0.2, 0.25) is 0 Å². The Kier molecular flexibility index (Phi) is 6.85. The fraction of sp³-hybridized carbons (Fsp3) is 0.455. The van der Waals surface area contributed by atoms with E-state index in [-0.39, 0.29) is 0 Å². The molecule has 1 rings (SSSR count). The van der Waals surface area contributed by atoms with E-state index in [2.05, 4.69) is 14.7 Å². The summed E-state index contributed by atoms with van der Waals surface area (Å²) in [4.78, 5) is 3.92. The molecule has 0 atom stereocenters. The van der Waals surface area contributed by atoms with Crippen molar-refractivity contribution in [1.82, 2.24) is 9.69 Å². The minimum Gasteiger partial charge on any atom is -0.371 e. The second-order valence-corrected chi connectivity index (χ2v) is 5.04. The molecule has 18 heavy (non-hydrogen) atoms. The quantitative estimate of drug-likeness (QED) is 0.486. The molecule has 1 heterocycles. The minimum absolute atomic E-state index is 0.439. The van der Waals surface area contributed by atoms with Crippen LogP contribution in [0.5, 0.6) is 0 Å². The first-order valence-corrected chi connectivity index (χ1v) is 7.27. The van der Waals surface area contributed by atoms with Gasteiger partial charge in [-0.1, -0.05) is 0 Å². The molecular weight excluding hydrogens is 266 g/mol. The zero-order valence-electron chi connectivity index (χ0n) is 9.96. The summed E-state index contributed by atoms with van der Waals surface area (Å²) in [6.07, 6.45) is 0. The molecule has 0 radical (unpaired) electrons. The molecule has 0 saturated carbocycles. The molecule has 94 valence electrons. The Bertz CT molecular complexity index is 441. The predicted octanol–water partition coefficient (Wildman–Crippen LogP) is 1.66. The molecule has 0 saturated heterocycles. The molecule has 5 nitrogen and oxygen atoms in total. The van der Waals surface area contributed by atoms with Gasteiger partial charge in [0.05, 0.1) is 17.8 Å². The summed E-state index contributed by atoms with van der Waals surface area (Å²) in [5.74, 6) is 1.39. The van der Waals surface area contributed by atoms with Crippen molar-refractivity contribution in [3.63, 3.8) is 0 Å². The van der Waals surface area contributed by atoms with Crippen LogP contribution in [-0.2, 0) is 5.75 Å². The number of hydrogen-bond donors (Lipinski definition) is 1. The molecule has 1 aromatic rings. The van der Waals surface area contributed by atoms with Crippen molar-refractivity contribution in [2.24, 2.45) is 10.9 Å². The molecule has 0 bridgehead atoms. The summed E-state index contributed by atoms with van der Waals surface area (Å²) in [6.45, 7) is 0.682. The van der Waals surface area contributed by atoms with E-state index in [9.17, 15) is 0 Å². The van der Waals surface area contributed by atoms with Crippen LogP contribution in [0, 0.1) is 28.6 Å². The van der Waals surface area contributed by atoms with Crippen LogP contribution < -0.4 is 5.32 Å². The van der Waals surface area contributed by atoms with E-state index in [1.54, 1.807) is 18.8 Å². The van der Waals surface area contributed by atoms with E-state index < -0.39 is 5.92 Å². The third-order valence-electron chi connectivity index (χ3n) is 2.07. The first-order valence-electron chi connectivity index (χ1n) is 5.28. The molecule has 0 aliphatic heterocycles. The lowest BCUT2D eigenvalue weighted by Crippen LogP contribution is -2.31. The Labute approximate surface area is 115 Å². The van der Waals surface area contributed by atoms with Crippen molar-refractivity contribution in [3.05, 3.63) is 17.1 Å². The van der Waals surface area contributed by atoms with E-state index >= 15 is 0 Å². The van der Waals surface area contributed by atoms with Crippen molar-refractivity contribution >= 4 is 29.1 Å². The smallest absolute Gasteiger partial charge is 0.189 e. The molecule has 0 aromatic carbocycles. The summed E-state index contributed by atoms with van der Waals surface area (Å²) < 4.78 is 4.21. The number of amidine groups is 1. The summed E-state index contributed by atoms with van der Waals surface area (Å²) in [7, 11) is 1.58. The molecule has 1 N–H and O–H groups in total. The maximum Gasteiger partial charge on any atom is 0.189 e. The molecule has 0 amide bonds. The van der Waals surface area contributed by atoms with Gasteiger partial charge >= 0.3 is 0 Å². The number of rotatable bonds is 6. The fourth-order valence-electron chi connectivity index (χ4n) is 1.20. The number of aliphatic imine (C=N–C) groups is 1. The van der Waals surface area contributed by atoms with Gasteiger partial charge in [0.25, 0.3) is 0 Å². The third kappa shape index (κ3) is 4.74. The summed E-state index contributed by atoms with van der Waals surface area (Å²) in [6, 6.07) is 5.80. The fourth-order valence-corrected chi connectivity index (χ4v) is 2.58. The molecule has 0 unspecified atom stereocenters. The van der Waals surface area contributed by atoms with E-state index in [1.165, 1.54) is 11.5 Å². The van der Waals surface area contributed by atoms with E-state index in [4.69, 9.17) is 10.5 Å². The lowest BCUT2D eigenvalue weighted by Gasteiger charge is -2.08. The Morgan fingerprint density at radius 2 is 2.39 bits per heavy atom. The van der Waals surface area contributed by atoms with Gasteiger partial charge < -0.3 is 5.32 Å². The molecule has 1 aromatic heterocycles. The van der Waals surface area contributed by atoms with Crippen LogP contribution in [0.2, 0.25) is 0 Å². The highest BCUT2D eigenvalue weighted by Gasteiger charge is 2.12. The number of nitrogens with zero attached hydrogens (tertiary/aromatic N) is 4. The Morgan fingerprint density at radius 3 is 2.94 bits per heavy atom. The van der Waals surface area contributed by atoms with E-state index in [0.29, 0.717) is 12.4 Å². The summed E-state index contributed by atoms with van der Waals surface area (Å²) in [5.41, 5.74) is 1.08. The first kappa shape index (κ1) is 14.5. The topological polar surface area (TPSA) is 84.9 Å². The van der Waals surface area contributed by atoms with Crippen LogP contribution in [0.25, 0.3) is 0 Å². The Hall–Kier alpha value is -1.57. The van der Waals surface area contributed by atoms with E-state index in [1.807, 2.05) is 23.6 Å². The van der Waals surface area contributed by atoms with Crippen LogP contribution in [-0.4, -0.2) is 29.6 Å². The number of nitrogens with one attached hydrogen (secondary N) is 1. The van der Waals surface area contributed by atoms with Gasteiger partial charge in [0.15, 0.2) is 5.92 Å². The zero-order valence-corrected chi connectivity index (χ0v) is 11.6. The summed E-state index contributed by atoms with van der Waals surface area (Å²) in [5, 5.41) is 22.5. The minimum atomic E-state index is -0.807. The lowest BCUT2D eigenvalue weighted by molar-refractivity contribution is 0.916. The molecule has 0 aliphatic carbocycles. The second-order valence-electron chi connectivity index (χ2n) is 3.27. The summed E-state index contributed by atoms with van der Waals surface area (Å²) >= 11 is 3.20. The maximum atomic E-state index is 8.75. The van der Waals surface area contributed by atoms with Crippen LogP contribution in [0.1, 0.15) is 5.69 Å². The standard InChI is InChI=1S/C11H13N5S2/c1-14-11(9(6-12)7-13)15-3-5-17-8-10-2-4-18-16-10/h2,4,9H,3,5,8H2,1H3,(H,14,15). The average Bonchev–Trinajstić information content (AvgIpc) is 2.90. The molecular formula is C11H13N5S2. The third-order valence-corrected chi connectivity index (χ3v) is 3.66. The maximum absolute atomic E-state index is 8.75. The van der Waals surface area contributed by atoms with Crippen molar-refractivity contribution in [2.45, 2.75) is 5.75 Å². The van der Waals surface area contributed by atoms with Crippen LogP contribution >= 0.6 is 23.3 Å². The van der Waals surface area contributed by atoms with Crippen LogP contribution in [0.15, 0.2) is 16.4 Å². The van der Waals surface area contributed by atoms with Crippen molar-refractivity contribution in [3.8, 4) is 12.1 Å². The number of hydrogen-bond acceptors (Lipinski definition) is 6. The Balaban J connectivity index is 2.21.